The third-order valence-electron chi connectivity index (χ3n) is 3.54. The molecule has 0 spiro atoms. The molecule has 0 aliphatic heterocycles. The van der Waals surface area contributed by atoms with E-state index in [1.54, 1.807) is 16.6 Å². The van der Waals surface area contributed by atoms with E-state index in [1.165, 1.54) is 6.33 Å². The number of hydrogen-bond acceptors (Lipinski definition) is 3. The van der Waals surface area contributed by atoms with Crippen LogP contribution in [0.2, 0.25) is 10.0 Å². The van der Waals surface area contributed by atoms with Crippen LogP contribution >= 0.6 is 23.2 Å². The summed E-state index contributed by atoms with van der Waals surface area (Å²) in [5.74, 6) is 0.535. The second-order valence-electron chi connectivity index (χ2n) is 4.99. The van der Waals surface area contributed by atoms with E-state index in [-0.39, 0.29) is 0 Å². The summed E-state index contributed by atoms with van der Waals surface area (Å²) in [4.78, 5) is 8.76. The van der Waals surface area contributed by atoms with Crippen LogP contribution in [0.3, 0.4) is 0 Å². The Balaban J connectivity index is 1.96. The predicted molar refractivity (Wildman–Crippen MR) is 91.7 cm³/mol. The molecule has 0 aliphatic carbocycles. The molecule has 4 nitrogen and oxygen atoms in total. The van der Waals surface area contributed by atoms with E-state index in [1.807, 2.05) is 42.5 Å². The molecule has 2 aromatic heterocycles. The van der Waals surface area contributed by atoms with Crippen LogP contribution in [-0.4, -0.2) is 19.6 Å². The number of hydrogen-bond donors (Lipinski definition) is 0. The average molecular weight is 341 g/mol. The van der Waals surface area contributed by atoms with Gasteiger partial charge in [0.1, 0.15) is 6.33 Å². The Morgan fingerprint density at radius 3 is 2.43 bits per heavy atom. The Morgan fingerprint density at radius 2 is 1.65 bits per heavy atom. The standard InChI is InChI=1S/C17H10Cl2N4/c18-13-7-6-12(8-14(13)19)15-9-16(11-4-2-1-3-5-11)23-17(22-15)20-10-21-23/h1-10H. The number of nitrogens with zero attached hydrogens (tertiary/aromatic N) is 4. The van der Waals surface area contributed by atoms with Crippen LogP contribution in [0.15, 0.2) is 60.9 Å². The van der Waals surface area contributed by atoms with Gasteiger partial charge in [-0.3, -0.25) is 0 Å². The number of benzene rings is 2. The molecule has 0 fully saturated rings. The van der Waals surface area contributed by atoms with E-state index >= 15 is 0 Å². The molecule has 2 heterocycles. The van der Waals surface area contributed by atoms with Crippen LogP contribution in [0, 0.1) is 0 Å². The fraction of sp³-hybridized carbons (Fsp3) is 0. The highest BCUT2D eigenvalue weighted by atomic mass is 35.5. The van der Waals surface area contributed by atoms with Gasteiger partial charge in [-0.1, -0.05) is 59.6 Å². The van der Waals surface area contributed by atoms with Gasteiger partial charge in [-0.05, 0) is 18.2 Å². The first kappa shape index (κ1) is 14.2. The molecule has 0 aliphatic rings. The van der Waals surface area contributed by atoms with Crippen LogP contribution in [0.1, 0.15) is 0 Å². The number of fused-ring (bicyclic) bond motifs is 1. The lowest BCUT2D eigenvalue weighted by atomic mass is 10.1. The van der Waals surface area contributed by atoms with Gasteiger partial charge in [-0.25, -0.2) is 4.98 Å². The molecule has 0 N–H and O–H groups in total. The van der Waals surface area contributed by atoms with Crippen LogP contribution in [0.5, 0.6) is 0 Å². The molecule has 4 aromatic rings. The maximum atomic E-state index is 6.12. The summed E-state index contributed by atoms with van der Waals surface area (Å²) in [5, 5.41) is 5.27. The topological polar surface area (TPSA) is 43.1 Å². The summed E-state index contributed by atoms with van der Waals surface area (Å²) in [6, 6.07) is 17.4. The lowest BCUT2D eigenvalue weighted by molar-refractivity contribution is 0.949. The molecule has 112 valence electrons. The van der Waals surface area contributed by atoms with E-state index in [2.05, 4.69) is 15.1 Å². The molecule has 0 saturated carbocycles. The molecular formula is C17H10Cl2N4. The molecular weight excluding hydrogens is 331 g/mol. The quantitative estimate of drug-likeness (QED) is 0.528. The van der Waals surface area contributed by atoms with Gasteiger partial charge in [0.15, 0.2) is 0 Å². The van der Waals surface area contributed by atoms with Gasteiger partial charge in [0.05, 0.1) is 21.4 Å². The van der Waals surface area contributed by atoms with Crippen molar-refractivity contribution in [2.24, 2.45) is 0 Å². The van der Waals surface area contributed by atoms with Crippen molar-refractivity contribution >= 4 is 29.0 Å². The van der Waals surface area contributed by atoms with Crippen molar-refractivity contribution in [1.82, 2.24) is 19.6 Å². The molecule has 0 atom stereocenters. The van der Waals surface area contributed by atoms with E-state index in [0.717, 1.165) is 22.5 Å². The monoisotopic (exact) mass is 340 g/mol. The zero-order valence-electron chi connectivity index (χ0n) is 11.8. The van der Waals surface area contributed by atoms with Gasteiger partial charge in [-0.2, -0.15) is 14.6 Å². The highest BCUT2D eigenvalue weighted by Crippen LogP contribution is 2.30. The van der Waals surface area contributed by atoms with Crippen LogP contribution < -0.4 is 0 Å². The minimum Gasteiger partial charge on any atom is -0.211 e. The summed E-state index contributed by atoms with van der Waals surface area (Å²) in [5.41, 5.74) is 3.59. The summed E-state index contributed by atoms with van der Waals surface area (Å²) in [7, 11) is 0. The van der Waals surface area contributed by atoms with E-state index in [0.29, 0.717) is 15.8 Å². The minimum absolute atomic E-state index is 0.494. The molecule has 0 amide bonds. The SMILES string of the molecule is Clc1ccc(-c2cc(-c3ccccc3)n3ncnc3n2)cc1Cl. The molecule has 0 radical (unpaired) electrons. The fourth-order valence-corrected chi connectivity index (χ4v) is 2.73. The maximum absolute atomic E-state index is 6.12. The Labute approximate surface area is 142 Å². The molecule has 2 aromatic carbocycles. The van der Waals surface area contributed by atoms with Gasteiger partial charge in [0.25, 0.3) is 5.78 Å². The van der Waals surface area contributed by atoms with Gasteiger partial charge < -0.3 is 0 Å². The van der Waals surface area contributed by atoms with Crippen molar-refractivity contribution in [1.29, 1.82) is 0 Å². The van der Waals surface area contributed by atoms with Crippen molar-refractivity contribution in [3.8, 4) is 22.5 Å². The van der Waals surface area contributed by atoms with E-state index in [4.69, 9.17) is 23.2 Å². The molecule has 0 unspecified atom stereocenters. The third-order valence-corrected chi connectivity index (χ3v) is 4.28. The second kappa shape index (κ2) is 5.65. The molecule has 0 bridgehead atoms. The van der Waals surface area contributed by atoms with Gasteiger partial charge in [0.2, 0.25) is 0 Å². The normalized spacial score (nSPS) is 11.0. The summed E-state index contributed by atoms with van der Waals surface area (Å²) >= 11 is 12.1. The van der Waals surface area contributed by atoms with Crippen LogP contribution in [0.25, 0.3) is 28.3 Å². The second-order valence-corrected chi connectivity index (χ2v) is 5.81. The molecule has 6 heteroatoms. The Kier molecular flexibility index (Phi) is 3.48. The summed E-state index contributed by atoms with van der Waals surface area (Å²) in [6.45, 7) is 0. The van der Waals surface area contributed by atoms with Crippen molar-refractivity contribution in [2.45, 2.75) is 0 Å². The van der Waals surface area contributed by atoms with Gasteiger partial charge in [0, 0.05) is 11.1 Å². The zero-order valence-corrected chi connectivity index (χ0v) is 13.3. The lowest BCUT2D eigenvalue weighted by Gasteiger charge is -2.08. The Hall–Kier alpha value is -2.43. The molecule has 23 heavy (non-hydrogen) atoms. The van der Waals surface area contributed by atoms with Crippen molar-refractivity contribution in [3.05, 3.63) is 71.0 Å². The zero-order chi connectivity index (χ0) is 15.8. The molecule has 4 rings (SSSR count). The minimum atomic E-state index is 0.494. The number of halogens is 2. The average Bonchev–Trinajstić information content (AvgIpc) is 3.06. The van der Waals surface area contributed by atoms with E-state index in [9.17, 15) is 0 Å². The first-order chi connectivity index (χ1) is 11.2. The first-order valence-electron chi connectivity index (χ1n) is 6.94. The van der Waals surface area contributed by atoms with Crippen LogP contribution in [-0.2, 0) is 0 Å². The summed E-state index contributed by atoms with van der Waals surface area (Å²) in [6.07, 6.45) is 1.49. The van der Waals surface area contributed by atoms with E-state index < -0.39 is 0 Å². The fourth-order valence-electron chi connectivity index (χ4n) is 2.43. The lowest BCUT2D eigenvalue weighted by Crippen LogP contribution is -1.98. The van der Waals surface area contributed by atoms with Crippen molar-refractivity contribution in [2.75, 3.05) is 0 Å². The highest BCUT2D eigenvalue weighted by Gasteiger charge is 2.11. The van der Waals surface area contributed by atoms with Gasteiger partial charge >= 0.3 is 0 Å². The van der Waals surface area contributed by atoms with Crippen molar-refractivity contribution < 1.29 is 0 Å². The van der Waals surface area contributed by atoms with Gasteiger partial charge in [-0.15, -0.1) is 0 Å². The Bertz CT molecular complexity index is 996. The highest BCUT2D eigenvalue weighted by molar-refractivity contribution is 6.42. The number of aromatic nitrogens is 4. The largest absolute Gasteiger partial charge is 0.253 e. The molecule has 0 saturated heterocycles. The first-order valence-corrected chi connectivity index (χ1v) is 7.69. The van der Waals surface area contributed by atoms with Crippen molar-refractivity contribution in [3.63, 3.8) is 0 Å². The summed E-state index contributed by atoms with van der Waals surface area (Å²) < 4.78 is 1.72. The Morgan fingerprint density at radius 1 is 0.826 bits per heavy atom. The third kappa shape index (κ3) is 2.56. The maximum Gasteiger partial charge on any atom is 0.253 e. The number of rotatable bonds is 2. The predicted octanol–water partition coefficient (Wildman–Crippen LogP) is 4.77. The smallest absolute Gasteiger partial charge is 0.211 e. The van der Waals surface area contributed by atoms with Crippen LogP contribution in [0.4, 0.5) is 0 Å².